The minimum atomic E-state index is -0.221. The van der Waals surface area contributed by atoms with Crippen molar-refractivity contribution in [2.75, 3.05) is 24.5 Å². The van der Waals surface area contributed by atoms with Crippen LogP contribution in [0.1, 0.15) is 18.4 Å². The van der Waals surface area contributed by atoms with Gasteiger partial charge in [0.25, 0.3) is 5.56 Å². The molecule has 6 heteroatoms. The van der Waals surface area contributed by atoms with Crippen LogP contribution in [0.3, 0.4) is 0 Å². The molecule has 24 heavy (non-hydrogen) atoms. The van der Waals surface area contributed by atoms with E-state index in [1.807, 2.05) is 23.1 Å². The van der Waals surface area contributed by atoms with Crippen molar-refractivity contribution >= 4 is 11.6 Å². The fraction of sp³-hybridized carbons (Fsp3) is 0.389. The summed E-state index contributed by atoms with van der Waals surface area (Å²) in [6, 6.07) is 11.8. The summed E-state index contributed by atoms with van der Waals surface area (Å²) in [6.45, 7) is 2.10. The van der Waals surface area contributed by atoms with Crippen molar-refractivity contribution in [2.45, 2.75) is 19.3 Å². The van der Waals surface area contributed by atoms with E-state index in [0.717, 1.165) is 31.5 Å². The van der Waals surface area contributed by atoms with E-state index in [-0.39, 0.29) is 17.4 Å². The van der Waals surface area contributed by atoms with Crippen molar-refractivity contribution in [1.82, 2.24) is 15.5 Å². The van der Waals surface area contributed by atoms with E-state index in [1.165, 1.54) is 11.6 Å². The third-order valence-corrected chi connectivity index (χ3v) is 4.36. The van der Waals surface area contributed by atoms with Crippen LogP contribution in [0.25, 0.3) is 0 Å². The monoisotopic (exact) mass is 326 g/mol. The average molecular weight is 326 g/mol. The first-order valence-corrected chi connectivity index (χ1v) is 8.34. The van der Waals surface area contributed by atoms with Crippen LogP contribution < -0.4 is 15.8 Å². The maximum absolute atomic E-state index is 12.3. The highest BCUT2D eigenvalue weighted by molar-refractivity contribution is 5.80. The van der Waals surface area contributed by atoms with Gasteiger partial charge in [0.2, 0.25) is 5.91 Å². The molecule has 1 fully saturated rings. The van der Waals surface area contributed by atoms with E-state index in [2.05, 4.69) is 27.6 Å². The number of rotatable bonds is 6. The summed E-state index contributed by atoms with van der Waals surface area (Å²) in [5.74, 6) is 0.0735. The Labute approximate surface area is 140 Å². The number of aromatic nitrogens is 2. The van der Waals surface area contributed by atoms with Gasteiger partial charge in [0, 0.05) is 25.7 Å². The number of aryl methyl sites for hydroxylation is 1. The van der Waals surface area contributed by atoms with Crippen LogP contribution in [0.4, 0.5) is 5.69 Å². The van der Waals surface area contributed by atoms with Crippen molar-refractivity contribution in [3.63, 3.8) is 0 Å². The molecule has 3 rings (SSSR count). The zero-order valence-electron chi connectivity index (χ0n) is 13.6. The maximum Gasteiger partial charge on any atom is 0.266 e. The SMILES string of the molecule is O=C(NCCCc1ccccc1)C1CCN(c2cn[nH]c(=O)c2)C1. The standard InChI is InChI=1S/C18H22N4O2/c23-17-11-16(12-20-21-17)22-10-8-15(13-22)18(24)19-9-4-7-14-5-2-1-3-6-14/h1-3,5-6,11-12,15H,4,7-10,13H2,(H,19,24)(H,21,23). The number of hydrogen-bond acceptors (Lipinski definition) is 4. The first-order valence-electron chi connectivity index (χ1n) is 8.34. The van der Waals surface area contributed by atoms with Crippen LogP contribution in [-0.2, 0) is 11.2 Å². The average Bonchev–Trinajstić information content (AvgIpc) is 3.10. The smallest absolute Gasteiger partial charge is 0.266 e. The highest BCUT2D eigenvalue weighted by atomic mass is 16.2. The number of hydrogen-bond donors (Lipinski definition) is 2. The minimum Gasteiger partial charge on any atom is -0.369 e. The predicted octanol–water partition coefficient (Wildman–Crippen LogP) is 1.35. The molecule has 2 heterocycles. The Morgan fingerprint density at radius 2 is 2.17 bits per heavy atom. The first kappa shape index (κ1) is 16.2. The second kappa shape index (κ2) is 7.77. The molecule has 1 unspecified atom stereocenters. The van der Waals surface area contributed by atoms with Gasteiger partial charge in [-0.05, 0) is 24.8 Å². The number of carbonyl (C=O) groups is 1. The van der Waals surface area contributed by atoms with Crippen molar-refractivity contribution in [2.24, 2.45) is 5.92 Å². The lowest BCUT2D eigenvalue weighted by Gasteiger charge is -2.17. The summed E-state index contributed by atoms with van der Waals surface area (Å²) in [7, 11) is 0. The molecule has 126 valence electrons. The van der Waals surface area contributed by atoms with Gasteiger partial charge in [-0.25, -0.2) is 5.10 Å². The van der Waals surface area contributed by atoms with Crippen LogP contribution in [0.5, 0.6) is 0 Å². The fourth-order valence-electron chi connectivity index (χ4n) is 3.04. The van der Waals surface area contributed by atoms with Gasteiger partial charge in [-0.3, -0.25) is 9.59 Å². The molecule has 0 radical (unpaired) electrons. The normalized spacial score (nSPS) is 17.0. The number of benzene rings is 1. The van der Waals surface area contributed by atoms with Crippen molar-refractivity contribution < 1.29 is 4.79 Å². The van der Waals surface area contributed by atoms with Gasteiger partial charge in [0.05, 0.1) is 17.8 Å². The molecule has 0 saturated carbocycles. The highest BCUT2D eigenvalue weighted by Crippen LogP contribution is 2.22. The number of H-pyrrole nitrogens is 1. The van der Waals surface area contributed by atoms with E-state index in [0.29, 0.717) is 13.1 Å². The fourth-order valence-corrected chi connectivity index (χ4v) is 3.04. The Hall–Kier alpha value is -2.63. The zero-order valence-corrected chi connectivity index (χ0v) is 13.6. The molecular formula is C18H22N4O2. The van der Waals surface area contributed by atoms with Crippen LogP contribution in [-0.4, -0.2) is 35.7 Å². The first-order chi connectivity index (χ1) is 11.7. The lowest BCUT2D eigenvalue weighted by atomic mass is 10.1. The number of anilines is 1. The summed E-state index contributed by atoms with van der Waals surface area (Å²) in [5.41, 5.74) is 1.85. The van der Waals surface area contributed by atoms with Gasteiger partial charge >= 0.3 is 0 Å². The summed E-state index contributed by atoms with van der Waals surface area (Å²) in [4.78, 5) is 25.6. The Kier molecular flexibility index (Phi) is 5.25. The van der Waals surface area contributed by atoms with Crippen molar-refractivity contribution in [3.8, 4) is 0 Å². The van der Waals surface area contributed by atoms with Gasteiger partial charge in [-0.15, -0.1) is 0 Å². The molecule has 1 saturated heterocycles. The quantitative estimate of drug-likeness (QED) is 0.786. The Balaban J connectivity index is 1.42. The number of nitrogens with one attached hydrogen (secondary N) is 2. The third kappa shape index (κ3) is 4.22. The second-order valence-corrected chi connectivity index (χ2v) is 6.12. The van der Waals surface area contributed by atoms with Gasteiger partial charge in [-0.2, -0.15) is 5.10 Å². The molecule has 2 aromatic rings. The van der Waals surface area contributed by atoms with Crippen LogP contribution in [0.15, 0.2) is 47.4 Å². The maximum atomic E-state index is 12.3. The molecule has 1 atom stereocenters. The Morgan fingerprint density at radius 3 is 2.96 bits per heavy atom. The lowest BCUT2D eigenvalue weighted by Crippen LogP contribution is -2.33. The van der Waals surface area contributed by atoms with E-state index < -0.39 is 0 Å². The highest BCUT2D eigenvalue weighted by Gasteiger charge is 2.28. The van der Waals surface area contributed by atoms with Crippen molar-refractivity contribution in [3.05, 3.63) is 58.5 Å². The van der Waals surface area contributed by atoms with E-state index >= 15 is 0 Å². The molecule has 1 aromatic heterocycles. The van der Waals surface area contributed by atoms with Crippen LogP contribution in [0.2, 0.25) is 0 Å². The van der Waals surface area contributed by atoms with Gasteiger partial charge in [-0.1, -0.05) is 30.3 Å². The largest absolute Gasteiger partial charge is 0.369 e. The molecule has 0 bridgehead atoms. The van der Waals surface area contributed by atoms with Gasteiger partial charge in [0.1, 0.15) is 0 Å². The Bertz CT molecular complexity index is 729. The molecule has 1 amide bonds. The molecule has 0 aliphatic carbocycles. The Morgan fingerprint density at radius 1 is 1.33 bits per heavy atom. The molecule has 2 N–H and O–H groups in total. The molecule has 0 spiro atoms. The molecular weight excluding hydrogens is 304 g/mol. The third-order valence-electron chi connectivity index (χ3n) is 4.36. The van der Waals surface area contributed by atoms with E-state index in [9.17, 15) is 9.59 Å². The zero-order chi connectivity index (χ0) is 16.8. The summed E-state index contributed by atoms with van der Waals surface area (Å²) in [6.07, 6.45) is 4.33. The van der Waals surface area contributed by atoms with E-state index in [1.54, 1.807) is 6.20 Å². The number of aromatic amines is 1. The summed E-state index contributed by atoms with van der Waals surface area (Å²) < 4.78 is 0. The lowest BCUT2D eigenvalue weighted by molar-refractivity contribution is -0.124. The van der Waals surface area contributed by atoms with Crippen LogP contribution >= 0.6 is 0 Å². The summed E-state index contributed by atoms with van der Waals surface area (Å²) >= 11 is 0. The molecule has 1 aliphatic rings. The number of nitrogens with zero attached hydrogens (tertiary/aromatic N) is 2. The second-order valence-electron chi connectivity index (χ2n) is 6.12. The topological polar surface area (TPSA) is 78.1 Å². The molecule has 1 aliphatic heterocycles. The molecule has 6 nitrogen and oxygen atoms in total. The number of amides is 1. The van der Waals surface area contributed by atoms with Gasteiger partial charge < -0.3 is 10.2 Å². The van der Waals surface area contributed by atoms with Crippen LogP contribution in [0, 0.1) is 5.92 Å². The van der Waals surface area contributed by atoms with E-state index in [4.69, 9.17) is 0 Å². The van der Waals surface area contributed by atoms with Gasteiger partial charge in [0.15, 0.2) is 0 Å². The molecule has 1 aromatic carbocycles. The predicted molar refractivity (Wildman–Crippen MR) is 93.0 cm³/mol. The van der Waals surface area contributed by atoms with Crippen molar-refractivity contribution in [1.29, 1.82) is 0 Å². The minimum absolute atomic E-state index is 0.0268. The summed E-state index contributed by atoms with van der Waals surface area (Å²) in [5, 5.41) is 9.20. The number of carbonyl (C=O) groups excluding carboxylic acids is 1.